The number of halogens is 1. The van der Waals surface area contributed by atoms with Crippen LogP contribution >= 0.6 is 11.6 Å². The van der Waals surface area contributed by atoms with Crippen molar-refractivity contribution in [2.24, 2.45) is 0 Å². The Morgan fingerprint density at radius 1 is 1.11 bits per heavy atom. The Kier molecular flexibility index (Phi) is 10.8. The average molecular weight is 552 g/mol. The first-order valence-electron chi connectivity index (χ1n) is 12.2. The van der Waals surface area contributed by atoms with Crippen molar-refractivity contribution in [3.05, 3.63) is 59.1 Å². The number of nitrogens with zero attached hydrogens (tertiary/aromatic N) is 2. The highest BCUT2D eigenvalue weighted by atomic mass is 35.5. The number of methoxy groups -OCH3 is 1. The molecule has 0 aliphatic carbocycles. The Hall–Kier alpha value is -2.78. The highest BCUT2D eigenvalue weighted by Crippen LogP contribution is 2.25. The van der Waals surface area contributed by atoms with Gasteiger partial charge in [0.15, 0.2) is 0 Å². The summed E-state index contributed by atoms with van der Waals surface area (Å²) in [7, 11) is -2.09. The molecule has 8 nitrogen and oxygen atoms in total. The van der Waals surface area contributed by atoms with Crippen molar-refractivity contribution in [1.29, 1.82) is 0 Å². The first-order valence-corrected chi connectivity index (χ1v) is 14.5. The zero-order chi connectivity index (χ0) is 27.8. The molecule has 2 rings (SSSR count). The molecule has 0 bridgehead atoms. The molecule has 1 atom stereocenters. The van der Waals surface area contributed by atoms with Crippen LogP contribution in [0.5, 0.6) is 5.75 Å². The van der Waals surface area contributed by atoms with Crippen LogP contribution in [0.15, 0.2) is 48.5 Å². The van der Waals surface area contributed by atoms with Crippen molar-refractivity contribution in [3.8, 4) is 5.75 Å². The molecule has 0 heterocycles. The Morgan fingerprint density at radius 2 is 1.78 bits per heavy atom. The van der Waals surface area contributed by atoms with Crippen molar-refractivity contribution < 1.29 is 22.7 Å². The lowest BCUT2D eigenvalue weighted by molar-refractivity contribution is -0.142. The van der Waals surface area contributed by atoms with Crippen LogP contribution in [0.3, 0.4) is 0 Å². The van der Waals surface area contributed by atoms with Gasteiger partial charge in [-0.1, -0.05) is 42.8 Å². The lowest BCUT2D eigenvalue weighted by Gasteiger charge is -2.33. The van der Waals surface area contributed by atoms with E-state index in [1.165, 1.54) is 11.4 Å². The van der Waals surface area contributed by atoms with Crippen molar-refractivity contribution >= 4 is 39.1 Å². The van der Waals surface area contributed by atoms with Gasteiger partial charge >= 0.3 is 0 Å². The average Bonchev–Trinajstić information content (AvgIpc) is 2.80. The van der Waals surface area contributed by atoms with E-state index in [2.05, 4.69) is 5.32 Å². The number of sulfonamides is 1. The Labute approximate surface area is 226 Å². The quantitative estimate of drug-likeness (QED) is 0.415. The third kappa shape index (κ3) is 9.23. The normalized spacial score (nSPS) is 12.5. The fourth-order valence-corrected chi connectivity index (χ4v) is 5.10. The second-order valence-corrected chi connectivity index (χ2v) is 12.2. The van der Waals surface area contributed by atoms with E-state index in [-0.39, 0.29) is 37.7 Å². The molecule has 0 aromatic heterocycles. The molecule has 0 aliphatic rings. The molecule has 2 aromatic carbocycles. The van der Waals surface area contributed by atoms with E-state index in [1.807, 2.05) is 39.8 Å². The van der Waals surface area contributed by atoms with Crippen molar-refractivity contribution in [2.45, 2.75) is 65.1 Å². The van der Waals surface area contributed by atoms with Crippen molar-refractivity contribution in [2.75, 3.05) is 24.2 Å². The topological polar surface area (TPSA) is 96.0 Å². The minimum absolute atomic E-state index is 0.0553. The Bertz CT molecular complexity index is 1180. The van der Waals surface area contributed by atoms with E-state index in [1.54, 1.807) is 41.3 Å². The van der Waals surface area contributed by atoms with Gasteiger partial charge in [-0.3, -0.25) is 13.9 Å². The van der Waals surface area contributed by atoms with Crippen LogP contribution in [-0.4, -0.2) is 56.6 Å². The van der Waals surface area contributed by atoms with Gasteiger partial charge in [0.05, 0.1) is 19.1 Å². The SMILES string of the molecule is CC[C@H](C(=O)NC(C)(C)C)N(Cc1ccccc1Cl)C(=O)CCCN(c1cccc(OC)c1)S(C)(=O)=O. The number of ether oxygens (including phenoxy) is 1. The summed E-state index contributed by atoms with van der Waals surface area (Å²) in [6.45, 7) is 7.78. The number of rotatable bonds is 12. The van der Waals surface area contributed by atoms with Gasteiger partial charge in [-0.05, 0) is 57.4 Å². The largest absolute Gasteiger partial charge is 0.497 e. The van der Waals surface area contributed by atoms with Crippen molar-refractivity contribution in [1.82, 2.24) is 10.2 Å². The maximum atomic E-state index is 13.5. The van der Waals surface area contributed by atoms with Crippen LogP contribution in [0.2, 0.25) is 5.02 Å². The summed E-state index contributed by atoms with van der Waals surface area (Å²) in [6.07, 6.45) is 1.86. The summed E-state index contributed by atoms with van der Waals surface area (Å²) >= 11 is 6.37. The van der Waals surface area contributed by atoms with Gasteiger partial charge < -0.3 is 15.0 Å². The molecule has 0 saturated heterocycles. The molecule has 204 valence electrons. The molecule has 0 radical (unpaired) electrons. The highest BCUT2D eigenvalue weighted by Gasteiger charge is 2.31. The smallest absolute Gasteiger partial charge is 0.243 e. The number of carbonyl (C=O) groups excluding carboxylic acids is 2. The van der Waals surface area contributed by atoms with Crippen LogP contribution in [0, 0.1) is 0 Å². The Balaban J connectivity index is 2.26. The molecule has 2 amide bonds. The van der Waals surface area contributed by atoms with E-state index in [0.717, 1.165) is 11.8 Å². The van der Waals surface area contributed by atoms with Gasteiger partial charge in [-0.15, -0.1) is 0 Å². The Morgan fingerprint density at radius 3 is 2.35 bits per heavy atom. The van der Waals surface area contributed by atoms with Crippen LogP contribution in [0.25, 0.3) is 0 Å². The lowest BCUT2D eigenvalue weighted by atomic mass is 10.0. The monoisotopic (exact) mass is 551 g/mol. The van der Waals surface area contributed by atoms with Gasteiger partial charge in [0.1, 0.15) is 11.8 Å². The predicted octanol–water partition coefficient (Wildman–Crippen LogP) is 4.62. The van der Waals surface area contributed by atoms with Gasteiger partial charge in [-0.2, -0.15) is 0 Å². The summed E-state index contributed by atoms with van der Waals surface area (Å²) < 4.78 is 31.5. The standard InChI is InChI=1S/C27H38ClN3O5S/c1-7-24(26(33)29-27(2,3)4)30(19-20-12-8-9-15-23(20)28)25(32)16-11-17-31(37(6,34)35)21-13-10-14-22(18-21)36-5/h8-10,12-15,18,24H,7,11,16-17,19H2,1-6H3,(H,29,33)/t24-/m1/s1. The van der Waals surface area contributed by atoms with Gasteiger partial charge in [0.25, 0.3) is 0 Å². The zero-order valence-corrected chi connectivity index (χ0v) is 24.0. The summed E-state index contributed by atoms with van der Waals surface area (Å²) in [4.78, 5) is 28.2. The third-order valence-electron chi connectivity index (χ3n) is 5.68. The molecule has 10 heteroatoms. The lowest BCUT2D eigenvalue weighted by Crippen LogP contribution is -2.53. The van der Waals surface area contributed by atoms with Gasteiger partial charge in [-0.25, -0.2) is 8.42 Å². The molecule has 2 aromatic rings. The molecule has 0 unspecified atom stereocenters. The first kappa shape index (κ1) is 30.4. The second kappa shape index (κ2) is 13.1. The fourth-order valence-electron chi connectivity index (χ4n) is 3.95. The number of carbonyl (C=O) groups is 2. The predicted molar refractivity (Wildman–Crippen MR) is 148 cm³/mol. The van der Waals surface area contributed by atoms with E-state index in [4.69, 9.17) is 16.3 Å². The summed E-state index contributed by atoms with van der Waals surface area (Å²) in [5, 5.41) is 3.47. The van der Waals surface area contributed by atoms with Gasteiger partial charge in [0, 0.05) is 36.1 Å². The van der Waals surface area contributed by atoms with Crippen LogP contribution in [-0.2, 0) is 26.2 Å². The summed E-state index contributed by atoms with van der Waals surface area (Å²) in [5.41, 5.74) is 0.725. The van der Waals surface area contributed by atoms with E-state index >= 15 is 0 Å². The van der Waals surface area contributed by atoms with E-state index in [0.29, 0.717) is 22.9 Å². The van der Waals surface area contributed by atoms with Crippen molar-refractivity contribution in [3.63, 3.8) is 0 Å². The van der Waals surface area contributed by atoms with Crippen LogP contribution in [0.1, 0.15) is 52.5 Å². The number of amides is 2. The maximum absolute atomic E-state index is 13.5. The number of hydrogen-bond donors (Lipinski definition) is 1. The van der Waals surface area contributed by atoms with Gasteiger partial charge in [0.2, 0.25) is 21.8 Å². The fraction of sp³-hybridized carbons (Fsp3) is 0.481. The highest BCUT2D eigenvalue weighted by molar-refractivity contribution is 7.92. The second-order valence-electron chi connectivity index (χ2n) is 9.92. The van der Waals surface area contributed by atoms with Crippen LogP contribution < -0.4 is 14.4 Å². The first-order chi connectivity index (χ1) is 17.3. The molecular formula is C27H38ClN3O5S. The summed E-state index contributed by atoms with van der Waals surface area (Å²) in [6, 6.07) is 13.3. The maximum Gasteiger partial charge on any atom is 0.243 e. The third-order valence-corrected chi connectivity index (χ3v) is 7.24. The molecule has 0 aliphatic heterocycles. The number of nitrogens with one attached hydrogen (secondary N) is 1. The molecule has 0 fully saturated rings. The molecule has 37 heavy (non-hydrogen) atoms. The zero-order valence-electron chi connectivity index (χ0n) is 22.5. The van der Waals surface area contributed by atoms with E-state index < -0.39 is 21.6 Å². The number of anilines is 1. The number of hydrogen-bond acceptors (Lipinski definition) is 5. The molecule has 0 saturated carbocycles. The number of benzene rings is 2. The van der Waals surface area contributed by atoms with Crippen LogP contribution in [0.4, 0.5) is 5.69 Å². The minimum Gasteiger partial charge on any atom is -0.497 e. The minimum atomic E-state index is -3.60. The van der Waals surface area contributed by atoms with E-state index in [9.17, 15) is 18.0 Å². The molecule has 0 spiro atoms. The molecular weight excluding hydrogens is 514 g/mol. The molecule has 1 N–H and O–H groups in total. The summed E-state index contributed by atoms with van der Waals surface area (Å²) in [5.74, 6) is 0.0308.